The van der Waals surface area contributed by atoms with Gasteiger partial charge in [0, 0.05) is 16.5 Å². The van der Waals surface area contributed by atoms with Gasteiger partial charge in [0.2, 0.25) is 0 Å². The second-order valence-electron chi connectivity index (χ2n) is 2.85. The number of carbonyl (C=O) groups is 2. The van der Waals surface area contributed by atoms with E-state index in [1.165, 1.54) is 6.92 Å². The third-order valence-electron chi connectivity index (χ3n) is 1.65. The van der Waals surface area contributed by atoms with Crippen molar-refractivity contribution in [1.29, 1.82) is 0 Å². The van der Waals surface area contributed by atoms with Crippen LogP contribution in [0.15, 0.2) is 22.7 Å². The molecule has 0 unspecified atom stereocenters. The Kier molecular flexibility index (Phi) is 3.37. The minimum Gasteiger partial charge on any atom is -0.300 e. The zero-order valence-electron chi connectivity index (χ0n) is 7.21. The lowest BCUT2D eigenvalue weighted by molar-refractivity contribution is -0.116. The summed E-state index contributed by atoms with van der Waals surface area (Å²) < 4.78 is 0.869. The van der Waals surface area contributed by atoms with Gasteiger partial charge in [-0.25, -0.2) is 0 Å². The van der Waals surface area contributed by atoms with Crippen LogP contribution >= 0.6 is 15.9 Å². The van der Waals surface area contributed by atoms with Crippen LogP contribution in [-0.4, -0.2) is 12.1 Å². The van der Waals surface area contributed by atoms with E-state index in [2.05, 4.69) is 15.9 Å². The Labute approximate surface area is 85.1 Å². The molecule has 0 amide bonds. The third kappa shape index (κ3) is 2.77. The van der Waals surface area contributed by atoms with Crippen molar-refractivity contribution in [2.75, 3.05) is 0 Å². The standard InChI is InChI=1S/C10H9BrO2/c1-7(13)4-9-5-8(6-12)2-3-10(9)11/h2-3,5-6H,4H2,1H3. The molecule has 0 saturated carbocycles. The van der Waals surface area contributed by atoms with Gasteiger partial charge in [0.25, 0.3) is 0 Å². The van der Waals surface area contributed by atoms with E-state index in [1.807, 2.05) is 0 Å². The number of hydrogen-bond acceptors (Lipinski definition) is 2. The molecule has 2 nitrogen and oxygen atoms in total. The largest absolute Gasteiger partial charge is 0.300 e. The lowest BCUT2D eigenvalue weighted by Gasteiger charge is -2.01. The molecule has 1 rings (SSSR count). The zero-order chi connectivity index (χ0) is 9.84. The highest BCUT2D eigenvalue weighted by Crippen LogP contribution is 2.18. The van der Waals surface area contributed by atoms with Crippen LogP contribution in [0, 0.1) is 0 Å². The van der Waals surface area contributed by atoms with Gasteiger partial charge in [-0.05, 0) is 24.6 Å². The smallest absolute Gasteiger partial charge is 0.150 e. The van der Waals surface area contributed by atoms with Crippen molar-refractivity contribution in [3.8, 4) is 0 Å². The molecular formula is C10H9BrO2. The Bertz CT molecular complexity index is 345. The van der Waals surface area contributed by atoms with E-state index in [4.69, 9.17) is 0 Å². The Balaban J connectivity index is 3.03. The van der Waals surface area contributed by atoms with Crippen LogP contribution in [0.3, 0.4) is 0 Å². The van der Waals surface area contributed by atoms with Crippen LogP contribution in [0.2, 0.25) is 0 Å². The van der Waals surface area contributed by atoms with Crippen LogP contribution in [0.4, 0.5) is 0 Å². The molecule has 1 aromatic rings. The number of carbonyl (C=O) groups excluding carboxylic acids is 2. The predicted octanol–water partition coefficient (Wildman–Crippen LogP) is 2.39. The summed E-state index contributed by atoms with van der Waals surface area (Å²) in [6.07, 6.45) is 1.14. The van der Waals surface area contributed by atoms with E-state index in [1.54, 1.807) is 18.2 Å². The molecule has 3 heteroatoms. The number of Topliss-reactive ketones (excluding diaryl/α,β-unsaturated/α-hetero) is 1. The van der Waals surface area contributed by atoms with E-state index >= 15 is 0 Å². The predicted molar refractivity (Wildman–Crippen MR) is 53.9 cm³/mol. The van der Waals surface area contributed by atoms with Gasteiger partial charge in [0.05, 0.1) is 0 Å². The van der Waals surface area contributed by atoms with E-state index in [-0.39, 0.29) is 5.78 Å². The van der Waals surface area contributed by atoms with E-state index < -0.39 is 0 Å². The van der Waals surface area contributed by atoms with Gasteiger partial charge in [-0.1, -0.05) is 22.0 Å². The maximum absolute atomic E-state index is 10.9. The average molecular weight is 241 g/mol. The molecule has 68 valence electrons. The Morgan fingerprint density at radius 1 is 1.54 bits per heavy atom. The van der Waals surface area contributed by atoms with Crippen molar-refractivity contribution in [2.24, 2.45) is 0 Å². The molecule has 0 bridgehead atoms. The Morgan fingerprint density at radius 3 is 2.77 bits per heavy atom. The van der Waals surface area contributed by atoms with Crippen LogP contribution in [0.25, 0.3) is 0 Å². The van der Waals surface area contributed by atoms with Crippen LogP contribution in [-0.2, 0) is 11.2 Å². The van der Waals surface area contributed by atoms with Gasteiger partial charge in [-0.2, -0.15) is 0 Å². The van der Waals surface area contributed by atoms with Crippen LogP contribution in [0.1, 0.15) is 22.8 Å². The van der Waals surface area contributed by atoms with Crippen molar-refractivity contribution >= 4 is 28.0 Å². The second kappa shape index (κ2) is 4.33. The SMILES string of the molecule is CC(=O)Cc1cc(C=O)ccc1Br. The lowest BCUT2D eigenvalue weighted by atomic mass is 10.1. The zero-order valence-corrected chi connectivity index (χ0v) is 8.80. The highest BCUT2D eigenvalue weighted by atomic mass is 79.9. The first-order chi connectivity index (χ1) is 6.13. The summed E-state index contributed by atoms with van der Waals surface area (Å²) in [6.45, 7) is 1.53. The molecule has 0 aliphatic heterocycles. The molecule has 0 radical (unpaired) electrons. The number of benzene rings is 1. The second-order valence-corrected chi connectivity index (χ2v) is 3.70. The molecule has 0 aliphatic carbocycles. The summed E-state index contributed by atoms with van der Waals surface area (Å²) in [4.78, 5) is 21.3. The first-order valence-electron chi connectivity index (χ1n) is 3.86. The van der Waals surface area contributed by atoms with Crippen molar-refractivity contribution in [2.45, 2.75) is 13.3 Å². The van der Waals surface area contributed by atoms with E-state index in [0.717, 1.165) is 16.3 Å². The maximum Gasteiger partial charge on any atom is 0.150 e. The summed E-state index contributed by atoms with van der Waals surface area (Å²) in [6, 6.07) is 5.21. The number of hydrogen-bond donors (Lipinski definition) is 0. The first-order valence-corrected chi connectivity index (χ1v) is 4.66. The number of halogens is 1. The van der Waals surface area contributed by atoms with E-state index in [9.17, 15) is 9.59 Å². The van der Waals surface area contributed by atoms with Gasteiger partial charge in [-0.3, -0.25) is 9.59 Å². The van der Waals surface area contributed by atoms with Gasteiger partial charge in [-0.15, -0.1) is 0 Å². The molecule has 0 atom stereocenters. The monoisotopic (exact) mass is 240 g/mol. The van der Waals surface area contributed by atoms with Crippen molar-refractivity contribution in [3.05, 3.63) is 33.8 Å². The number of aldehydes is 1. The number of ketones is 1. The quantitative estimate of drug-likeness (QED) is 0.761. The van der Waals surface area contributed by atoms with E-state index in [0.29, 0.717) is 12.0 Å². The molecular weight excluding hydrogens is 232 g/mol. The highest BCUT2D eigenvalue weighted by Gasteiger charge is 2.03. The lowest BCUT2D eigenvalue weighted by Crippen LogP contribution is -1.98. The molecule has 0 aromatic heterocycles. The Morgan fingerprint density at radius 2 is 2.23 bits per heavy atom. The topological polar surface area (TPSA) is 34.1 Å². The third-order valence-corrected chi connectivity index (χ3v) is 2.42. The average Bonchev–Trinajstić information content (AvgIpc) is 2.08. The van der Waals surface area contributed by atoms with Crippen LogP contribution < -0.4 is 0 Å². The molecule has 0 fully saturated rings. The normalized spacial score (nSPS) is 9.69. The minimum absolute atomic E-state index is 0.0868. The molecule has 13 heavy (non-hydrogen) atoms. The minimum atomic E-state index is 0.0868. The summed E-state index contributed by atoms with van der Waals surface area (Å²) in [7, 11) is 0. The van der Waals surface area contributed by atoms with Gasteiger partial charge < -0.3 is 0 Å². The Hall–Kier alpha value is -0.960. The first kappa shape index (κ1) is 10.1. The summed E-state index contributed by atoms with van der Waals surface area (Å²) in [5.74, 6) is 0.0868. The summed E-state index contributed by atoms with van der Waals surface area (Å²) in [5, 5.41) is 0. The fraction of sp³-hybridized carbons (Fsp3) is 0.200. The molecule has 1 aromatic carbocycles. The van der Waals surface area contributed by atoms with Crippen molar-refractivity contribution in [3.63, 3.8) is 0 Å². The van der Waals surface area contributed by atoms with Gasteiger partial charge in [0.1, 0.15) is 12.1 Å². The fourth-order valence-corrected chi connectivity index (χ4v) is 1.46. The molecule has 0 N–H and O–H groups in total. The van der Waals surface area contributed by atoms with Crippen molar-refractivity contribution < 1.29 is 9.59 Å². The number of rotatable bonds is 3. The van der Waals surface area contributed by atoms with Gasteiger partial charge in [0.15, 0.2) is 0 Å². The maximum atomic E-state index is 10.9. The summed E-state index contributed by atoms with van der Waals surface area (Å²) in [5.41, 5.74) is 1.46. The van der Waals surface area contributed by atoms with Crippen LogP contribution in [0.5, 0.6) is 0 Å². The van der Waals surface area contributed by atoms with Crippen molar-refractivity contribution in [1.82, 2.24) is 0 Å². The summed E-state index contributed by atoms with van der Waals surface area (Å²) >= 11 is 3.32. The fourth-order valence-electron chi connectivity index (χ4n) is 1.07. The van der Waals surface area contributed by atoms with Gasteiger partial charge >= 0.3 is 0 Å². The molecule has 0 aliphatic rings. The highest BCUT2D eigenvalue weighted by molar-refractivity contribution is 9.10. The molecule has 0 spiro atoms. The molecule has 0 heterocycles. The molecule has 0 saturated heterocycles.